The molecule has 162 valence electrons. The van der Waals surface area contributed by atoms with Crippen LogP contribution in [-0.4, -0.2) is 34.3 Å². The molecule has 1 heterocycles. The molecule has 1 aromatic carbocycles. The van der Waals surface area contributed by atoms with Crippen molar-refractivity contribution in [2.75, 3.05) is 13.1 Å². The van der Waals surface area contributed by atoms with E-state index in [1.807, 2.05) is 0 Å². The van der Waals surface area contributed by atoms with Crippen molar-refractivity contribution in [2.24, 2.45) is 28.2 Å². The van der Waals surface area contributed by atoms with E-state index in [4.69, 9.17) is 4.99 Å². The predicted molar refractivity (Wildman–Crippen MR) is 125 cm³/mol. The van der Waals surface area contributed by atoms with Crippen LogP contribution in [0.15, 0.2) is 17.1 Å². The lowest BCUT2D eigenvalue weighted by Gasteiger charge is -2.59. The van der Waals surface area contributed by atoms with Crippen molar-refractivity contribution in [1.29, 1.82) is 0 Å². The summed E-state index contributed by atoms with van der Waals surface area (Å²) in [6.07, 6.45) is 8.69. The minimum atomic E-state index is -0.0196. The van der Waals surface area contributed by atoms with Crippen LogP contribution in [0.25, 0.3) is 0 Å². The molecule has 1 aromatic rings. The summed E-state index contributed by atoms with van der Waals surface area (Å²) in [5, 5.41) is 0. The molecule has 3 heteroatoms. The molecule has 30 heavy (non-hydrogen) atoms. The molecule has 0 N–H and O–H groups in total. The zero-order chi connectivity index (χ0) is 21.3. The fraction of sp³-hybridized carbons (Fsp3) is 0.704. The van der Waals surface area contributed by atoms with Gasteiger partial charge in [0.25, 0.3) is 0 Å². The Morgan fingerprint density at radius 2 is 1.47 bits per heavy atom. The van der Waals surface area contributed by atoms with E-state index in [-0.39, 0.29) is 5.41 Å². The maximum Gasteiger partial charge on any atom is 0.178 e. The van der Waals surface area contributed by atoms with E-state index in [0.717, 1.165) is 42.4 Å². The van der Waals surface area contributed by atoms with Crippen LogP contribution in [0.3, 0.4) is 0 Å². The Labute approximate surface area is 183 Å². The van der Waals surface area contributed by atoms with E-state index < -0.39 is 0 Å². The highest BCUT2D eigenvalue weighted by Gasteiger charge is 2.55. The van der Waals surface area contributed by atoms with Gasteiger partial charge < -0.3 is 4.90 Å². The van der Waals surface area contributed by atoms with Gasteiger partial charge in [-0.2, -0.15) is 0 Å². The molecule has 4 aliphatic carbocycles. The first-order valence-electron chi connectivity index (χ1n) is 12.1. The normalized spacial score (nSPS) is 34.3. The first kappa shape index (κ1) is 20.5. The van der Waals surface area contributed by atoms with E-state index in [0.29, 0.717) is 5.54 Å². The molecular formula is C27H39N3. The third-order valence-electron chi connectivity index (χ3n) is 8.15. The fourth-order valence-corrected chi connectivity index (χ4v) is 7.43. The molecule has 0 amide bonds. The molecule has 6 rings (SSSR count). The Bertz CT molecular complexity index is 801. The lowest BCUT2D eigenvalue weighted by Crippen LogP contribution is -2.58. The smallest absolute Gasteiger partial charge is 0.178 e. The highest BCUT2D eigenvalue weighted by molar-refractivity contribution is 5.90. The molecule has 5 aliphatic rings. The highest BCUT2D eigenvalue weighted by Crippen LogP contribution is 2.58. The van der Waals surface area contributed by atoms with Crippen molar-refractivity contribution >= 4 is 11.5 Å². The largest absolute Gasteiger partial charge is 0.333 e. The number of hydrogen-bond acceptors (Lipinski definition) is 2. The number of amidine groups is 1. The molecule has 0 aromatic heterocycles. The zero-order valence-corrected chi connectivity index (χ0v) is 19.9. The van der Waals surface area contributed by atoms with Crippen molar-refractivity contribution in [3.63, 3.8) is 0 Å². The number of benzene rings is 1. The van der Waals surface area contributed by atoms with Gasteiger partial charge in [0.15, 0.2) is 6.67 Å². The molecule has 0 unspecified atom stereocenters. The SMILES string of the molecule is Cc1cc(C)c(N=C(N2[C]N(C34CC5CC(CC(C5)C3)C4)CC2)C(C)(C)C)c(C)c1. The average Bonchev–Trinajstić information content (AvgIpc) is 3.09. The highest BCUT2D eigenvalue weighted by atomic mass is 15.4. The number of aliphatic imine (C=N–C) groups is 1. The van der Waals surface area contributed by atoms with E-state index in [2.05, 4.69) is 70.1 Å². The molecule has 1 aliphatic heterocycles. The van der Waals surface area contributed by atoms with E-state index in [1.165, 1.54) is 55.2 Å². The van der Waals surface area contributed by atoms with Crippen LogP contribution in [0.4, 0.5) is 5.69 Å². The summed E-state index contributed by atoms with van der Waals surface area (Å²) in [5.74, 6) is 4.08. The minimum Gasteiger partial charge on any atom is -0.333 e. The van der Waals surface area contributed by atoms with Crippen molar-refractivity contribution < 1.29 is 0 Å². The molecule has 5 fully saturated rings. The van der Waals surface area contributed by atoms with Crippen LogP contribution in [0, 0.1) is 50.6 Å². The van der Waals surface area contributed by atoms with Crippen LogP contribution >= 0.6 is 0 Å². The first-order chi connectivity index (χ1) is 14.1. The third-order valence-corrected chi connectivity index (χ3v) is 8.15. The van der Waals surface area contributed by atoms with Gasteiger partial charge in [0.1, 0.15) is 5.84 Å². The Kier molecular flexibility index (Phi) is 4.85. The van der Waals surface area contributed by atoms with Crippen LogP contribution in [0.2, 0.25) is 0 Å². The molecule has 0 spiro atoms. The molecular weight excluding hydrogens is 366 g/mol. The quantitative estimate of drug-likeness (QED) is 0.426. The second-order valence-electron chi connectivity index (χ2n) is 12.0. The topological polar surface area (TPSA) is 18.8 Å². The fourth-order valence-electron chi connectivity index (χ4n) is 7.43. The van der Waals surface area contributed by atoms with Gasteiger partial charge in [-0.05, 0) is 88.2 Å². The molecule has 0 atom stereocenters. The van der Waals surface area contributed by atoms with Crippen molar-refractivity contribution in [1.82, 2.24) is 9.80 Å². The third kappa shape index (κ3) is 3.51. The molecule has 3 nitrogen and oxygen atoms in total. The summed E-state index contributed by atoms with van der Waals surface area (Å²) in [4.78, 5) is 10.3. The van der Waals surface area contributed by atoms with Crippen molar-refractivity contribution in [2.45, 2.75) is 85.6 Å². The number of rotatable bonds is 2. The lowest BCUT2D eigenvalue weighted by molar-refractivity contribution is -0.0728. The minimum absolute atomic E-state index is 0.0196. The Hall–Kier alpha value is -1.35. The summed E-state index contributed by atoms with van der Waals surface area (Å²) < 4.78 is 0. The van der Waals surface area contributed by atoms with Crippen LogP contribution < -0.4 is 0 Å². The molecule has 4 bridgehead atoms. The van der Waals surface area contributed by atoms with Crippen LogP contribution in [0.1, 0.15) is 76.0 Å². The van der Waals surface area contributed by atoms with Gasteiger partial charge in [-0.15, -0.1) is 0 Å². The van der Waals surface area contributed by atoms with Gasteiger partial charge in [-0.3, -0.25) is 4.90 Å². The monoisotopic (exact) mass is 405 g/mol. The number of hydrogen-bond donors (Lipinski definition) is 0. The van der Waals surface area contributed by atoms with Gasteiger partial charge in [-0.25, -0.2) is 4.99 Å². The Balaban J connectivity index is 1.43. The Morgan fingerprint density at radius 1 is 0.933 bits per heavy atom. The second-order valence-corrected chi connectivity index (χ2v) is 12.0. The molecule has 4 saturated carbocycles. The summed E-state index contributed by atoms with van der Waals surface area (Å²) in [7, 11) is 0. The van der Waals surface area contributed by atoms with E-state index in [1.54, 1.807) is 0 Å². The Morgan fingerprint density at radius 3 is 1.97 bits per heavy atom. The summed E-state index contributed by atoms with van der Waals surface area (Å²) >= 11 is 0. The predicted octanol–water partition coefficient (Wildman–Crippen LogP) is 6.27. The van der Waals surface area contributed by atoms with Gasteiger partial charge >= 0.3 is 0 Å². The van der Waals surface area contributed by atoms with E-state index in [9.17, 15) is 0 Å². The van der Waals surface area contributed by atoms with Crippen molar-refractivity contribution in [3.8, 4) is 0 Å². The lowest BCUT2D eigenvalue weighted by atomic mass is 9.52. The second kappa shape index (κ2) is 7.08. The molecule has 1 saturated heterocycles. The van der Waals surface area contributed by atoms with Crippen LogP contribution in [0.5, 0.6) is 0 Å². The first-order valence-corrected chi connectivity index (χ1v) is 12.1. The summed E-state index contributed by atoms with van der Waals surface area (Å²) in [6.45, 7) is 19.4. The van der Waals surface area contributed by atoms with Gasteiger partial charge in [0, 0.05) is 24.0 Å². The molecule has 2 radical (unpaired) electrons. The number of aryl methyl sites for hydroxylation is 3. The van der Waals surface area contributed by atoms with Gasteiger partial charge in [0.05, 0.1) is 5.69 Å². The summed E-state index contributed by atoms with van der Waals surface area (Å²) in [5.41, 5.74) is 5.36. The standard InChI is InChI=1S/C27H39N3/c1-18-9-19(2)24(20(3)10-18)28-25(26(4,5)6)29-7-8-30(17-29)27-14-21-11-22(15-27)13-23(12-21)16-27/h9-10,21-23H,7-8,11-16H2,1-6H3. The average molecular weight is 406 g/mol. The van der Waals surface area contributed by atoms with Gasteiger partial charge in [0.2, 0.25) is 0 Å². The van der Waals surface area contributed by atoms with E-state index >= 15 is 0 Å². The maximum absolute atomic E-state index is 5.29. The summed E-state index contributed by atoms with van der Waals surface area (Å²) in [6, 6.07) is 4.51. The zero-order valence-electron chi connectivity index (χ0n) is 19.9. The maximum atomic E-state index is 5.29. The number of nitrogens with zero attached hydrogens (tertiary/aromatic N) is 3. The van der Waals surface area contributed by atoms with Crippen LogP contribution in [-0.2, 0) is 0 Å². The van der Waals surface area contributed by atoms with Crippen molar-refractivity contribution in [3.05, 3.63) is 35.5 Å². The van der Waals surface area contributed by atoms with Gasteiger partial charge in [-0.1, -0.05) is 38.5 Å².